The summed E-state index contributed by atoms with van der Waals surface area (Å²) in [5.74, 6) is 0. The predicted octanol–water partition coefficient (Wildman–Crippen LogP) is 1.08. The maximum atomic E-state index is 12.3. The lowest BCUT2D eigenvalue weighted by molar-refractivity contribution is 0.110. The van der Waals surface area contributed by atoms with E-state index in [9.17, 15) is 13.5 Å². The van der Waals surface area contributed by atoms with E-state index < -0.39 is 15.6 Å². The molecular formula is C13H20N2O3S. The van der Waals surface area contributed by atoms with Gasteiger partial charge < -0.3 is 10.8 Å². The first-order valence-electron chi connectivity index (χ1n) is 6.31. The second kappa shape index (κ2) is 4.77. The zero-order valence-corrected chi connectivity index (χ0v) is 12.0. The normalized spacial score (nSPS) is 18.1. The van der Waals surface area contributed by atoms with Crippen LogP contribution in [-0.4, -0.2) is 25.7 Å². The Kier molecular flexibility index (Phi) is 3.59. The van der Waals surface area contributed by atoms with Crippen molar-refractivity contribution in [3.63, 3.8) is 0 Å². The molecule has 0 radical (unpaired) electrons. The van der Waals surface area contributed by atoms with Gasteiger partial charge in [-0.1, -0.05) is 0 Å². The van der Waals surface area contributed by atoms with E-state index in [1.807, 2.05) is 13.8 Å². The molecule has 0 saturated heterocycles. The summed E-state index contributed by atoms with van der Waals surface area (Å²) in [7, 11) is -3.64. The minimum Gasteiger partial charge on any atom is -0.398 e. The van der Waals surface area contributed by atoms with Crippen molar-refractivity contribution in [2.45, 2.75) is 43.5 Å². The van der Waals surface area contributed by atoms with Crippen LogP contribution >= 0.6 is 0 Å². The number of benzene rings is 1. The molecule has 1 aliphatic rings. The van der Waals surface area contributed by atoms with E-state index in [0.29, 0.717) is 18.5 Å². The van der Waals surface area contributed by atoms with Gasteiger partial charge in [-0.15, -0.1) is 0 Å². The van der Waals surface area contributed by atoms with Gasteiger partial charge >= 0.3 is 0 Å². The Labute approximate surface area is 113 Å². The van der Waals surface area contributed by atoms with Gasteiger partial charge in [0.2, 0.25) is 10.0 Å². The van der Waals surface area contributed by atoms with Crippen molar-refractivity contribution >= 4 is 15.7 Å². The number of nitrogen functional groups attached to an aromatic ring is 1. The van der Waals surface area contributed by atoms with Crippen LogP contribution in [0, 0.1) is 13.8 Å². The van der Waals surface area contributed by atoms with Gasteiger partial charge in [-0.25, -0.2) is 13.1 Å². The number of nitrogens with two attached hydrogens (primary N) is 1. The van der Waals surface area contributed by atoms with E-state index in [2.05, 4.69) is 4.72 Å². The first-order valence-corrected chi connectivity index (χ1v) is 7.80. The average Bonchev–Trinajstić information content (AvgIpc) is 2.30. The predicted molar refractivity (Wildman–Crippen MR) is 74.3 cm³/mol. The number of rotatable bonds is 4. The molecule has 0 atom stereocenters. The highest BCUT2D eigenvalue weighted by Gasteiger charge is 2.40. The lowest BCUT2D eigenvalue weighted by Crippen LogP contribution is -2.55. The molecule has 2 rings (SSSR count). The van der Waals surface area contributed by atoms with Gasteiger partial charge in [-0.05, 0) is 56.4 Å². The number of sulfonamides is 1. The summed E-state index contributed by atoms with van der Waals surface area (Å²) >= 11 is 0. The first-order chi connectivity index (χ1) is 8.80. The molecule has 0 heterocycles. The van der Waals surface area contributed by atoms with E-state index in [-0.39, 0.29) is 11.5 Å². The quantitative estimate of drug-likeness (QED) is 0.721. The molecule has 0 aliphatic heterocycles. The van der Waals surface area contributed by atoms with Crippen molar-refractivity contribution in [1.82, 2.24) is 4.72 Å². The number of hydrogen-bond donors (Lipinski definition) is 3. The lowest BCUT2D eigenvalue weighted by atomic mass is 9.78. The third-order valence-electron chi connectivity index (χ3n) is 3.96. The maximum absolute atomic E-state index is 12.3. The Hall–Kier alpha value is -1.11. The number of aryl methyl sites for hydroxylation is 1. The highest BCUT2D eigenvalue weighted by Crippen LogP contribution is 2.33. The fraction of sp³-hybridized carbons (Fsp3) is 0.538. The monoisotopic (exact) mass is 284 g/mol. The van der Waals surface area contributed by atoms with Gasteiger partial charge in [0.05, 0.1) is 17.0 Å². The van der Waals surface area contributed by atoms with Crippen LogP contribution in [0.5, 0.6) is 0 Å². The van der Waals surface area contributed by atoms with Crippen LogP contribution in [0.1, 0.15) is 30.4 Å². The summed E-state index contributed by atoms with van der Waals surface area (Å²) in [6.45, 7) is 3.51. The topological polar surface area (TPSA) is 92.4 Å². The molecule has 5 nitrogen and oxygen atoms in total. The van der Waals surface area contributed by atoms with E-state index in [1.54, 1.807) is 6.07 Å². The highest BCUT2D eigenvalue weighted by molar-refractivity contribution is 7.89. The van der Waals surface area contributed by atoms with Gasteiger partial charge in [-0.2, -0.15) is 0 Å². The van der Waals surface area contributed by atoms with Crippen LogP contribution in [0.2, 0.25) is 0 Å². The molecule has 19 heavy (non-hydrogen) atoms. The second-order valence-electron chi connectivity index (χ2n) is 5.35. The SMILES string of the molecule is Cc1cc(S(=O)(=O)NC2(CO)CCC2)cc(N)c1C. The van der Waals surface area contributed by atoms with Gasteiger partial charge in [0.1, 0.15) is 0 Å². The molecule has 4 N–H and O–H groups in total. The molecule has 0 unspecified atom stereocenters. The van der Waals surface area contributed by atoms with E-state index in [1.165, 1.54) is 6.07 Å². The summed E-state index contributed by atoms with van der Waals surface area (Å²) in [4.78, 5) is 0.160. The van der Waals surface area contributed by atoms with Crippen LogP contribution in [0.3, 0.4) is 0 Å². The number of aliphatic hydroxyl groups is 1. The number of hydrogen-bond acceptors (Lipinski definition) is 4. The van der Waals surface area contributed by atoms with Crippen LogP contribution in [0.4, 0.5) is 5.69 Å². The van der Waals surface area contributed by atoms with Crippen LogP contribution in [0.25, 0.3) is 0 Å². The summed E-state index contributed by atoms with van der Waals surface area (Å²) in [5, 5.41) is 9.35. The molecule has 1 fully saturated rings. The van der Waals surface area contributed by atoms with Crippen molar-refractivity contribution < 1.29 is 13.5 Å². The Morgan fingerprint density at radius 3 is 2.42 bits per heavy atom. The zero-order valence-electron chi connectivity index (χ0n) is 11.2. The summed E-state index contributed by atoms with van der Waals surface area (Å²) in [6, 6.07) is 3.08. The molecule has 1 saturated carbocycles. The first kappa shape index (κ1) is 14.3. The highest BCUT2D eigenvalue weighted by atomic mass is 32.2. The smallest absolute Gasteiger partial charge is 0.241 e. The van der Waals surface area contributed by atoms with E-state index >= 15 is 0 Å². The molecule has 1 aliphatic carbocycles. The molecular weight excluding hydrogens is 264 g/mol. The van der Waals surface area contributed by atoms with Crippen molar-refractivity contribution in [3.8, 4) is 0 Å². The Bertz CT molecular complexity index is 563. The number of anilines is 1. The fourth-order valence-electron chi connectivity index (χ4n) is 2.25. The van der Waals surface area contributed by atoms with E-state index in [4.69, 9.17) is 5.73 Å². The summed E-state index contributed by atoms with van der Waals surface area (Å²) in [6.07, 6.45) is 2.27. The fourth-order valence-corrected chi connectivity index (χ4v) is 3.82. The Morgan fingerprint density at radius 1 is 1.37 bits per heavy atom. The lowest BCUT2D eigenvalue weighted by Gasteiger charge is -2.40. The zero-order chi connectivity index (χ0) is 14.3. The average molecular weight is 284 g/mol. The molecule has 0 spiro atoms. The van der Waals surface area contributed by atoms with Gasteiger partial charge in [0.25, 0.3) is 0 Å². The second-order valence-corrected chi connectivity index (χ2v) is 7.03. The summed E-state index contributed by atoms with van der Waals surface area (Å²) < 4.78 is 27.3. The third kappa shape index (κ3) is 2.61. The van der Waals surface area contributed by atoms with Crippen molar-refractivity contribution in [3.05, 3.63) is 23.3 Å². The maximum Gasteiger partial charge on any atom is 0.241 e. The molecule has 106 valence electrons. The van der Waals surface area contributed by atoms with Crippen molar-refractivity contribution in [2.75, 3.05) is 12.3 Å². The van der Waals surface area contributed by atoms with Crippen LogP contribution in [-0.2, 0) is 10.0 Å². The number of aliphatic hydroxyl groups excluding tert-OH is 1. The van der Waals surface area contributed by atoms with Crippen LogP contribution in [0.15, 0.2) is 17.0 Å². The molecule has 1 aromatic carbocycles. The minimum absolute atomic E-state index is 0.160. The van der Waals surface area contributed by atoms with Crippen LogP contribution < -0.4 is 10.5 Å². The summed E-state index contributed by atoms with van der Waals surface area (Å²) in [5.41, 5.74) is 7.32. The van der Waals surface area contributed by atoms with E-state index in [0.717, 1.165) is 17.5 Å². The third-order valence-corrected chi connectivity index (χ3v) is 5.51. The molecule has 1 aromatic rings. The van der Waals surface area contributed by atoms with Gasteiger partial charge in [-0.3, -0.25) is 0 Å². The Morgan fingerprint density at radius 2 is 2.00 bits per heavy atom. The number of nitrogens with one attached hydrogen (secondary N) is 1. The van der Waals surface area contributed by atoms with Crippen molar-refractivity contribution in [1.29, 1.82) is 0 Å². The largest absolute Gasteiger partial charge is 0.398 e. The molecule has 0 aromatic heterocycles. The van der Waals surface area contributed by atoms with Crippen molar-refractivity contribution in [2.24, 2.45) is 0 Å². The minimum atomic E-state index is -3.64. The molecule has 0 bridgehead atoms. The standard InChI is InChI=1S/C13H20N2O3S/c1-9-6-11(7-12(14)10(9)2)19(17,18)15-13(8-16)4-3-5-13/h6-7,15-16H,3-5,8,14H2,1-2H3. The molecule has 6 heteroatoms. The van der Waals surface area contributed by atoms with Gasteiger partial charge in [0, 0.05) is 5.69 Å². The van der Waals surface area contributed by atoms with Gasteiger partial charge in [0.15, 0.2) is 0 Å². The Balaban J connectivity index is 2.35. The molecule has 0 amide bonds.